The van der Waals surface area contributed by atoms with Crippen molar-refractivity contribution in [2.45, 2.75) is 33.1 Å². The Morgan fingerprint density at radius 2 is 2.06 bits per heavy atom. The van der Waals surface area contributed by atoms with Crippen LogP contribution in [-0.2, 0) is 12.8 Å². The first-order valence-electron chi connectivity index (χ1n) is 6.04. The summed E-state index contributed by atoms with van der Waals surface area (Å²) in [5.74, 6) is 0.0553. The second-order valence-electron chi connectivity index (χ2n) is 4.13. The Bertz CT molecular complexity index is 397. The normalized spacial score (nSPS) is 13.6. The van der Waals surface area contributed by atoms with Gasteiger partial charge in [0.15, 0.2) is 0 Å². The van der Waals surface area contributed by atoms with Crippen LogP contribution in [0.15, 0.2) is 12.1 Å². The van der Waals surface area contributed by atoms with Gasteiger partial charge in [0.1, 0.15) is 5.69 Å². The second-order valence-corrected chi connectivity index (χ2v) is 4.13. The third-order valence-electron chi connectivity index (χ3n) is 3.20. The first-order chi connectivity index (χ1) is 7.76. The van der Waals surface area contributed by atoms with Crippen molar-refractivity contribution in [3.05, 3.63) is 29.1 Å². The van der Waals surface area contributed by atoms with Crippen molar-refractivity contribution in [2.75, 3.05) is 13.1 Å². The number of hydrogen-bond acceptors (Lipinski definition) is 2. The van der Waals surface area contributed by atoms with Crippen molar-refractivity contribution in [3.8, 4) is 0 Å². The lowest BCUT2D eigenvalue weighted by molar-refractivity contribution is 0.0767. The zero-order valence-corrected chi connectivity index (χ0v) is 9.99. The van der Waals surface area contributed by atoms with Crippen LogP contribution in [-0.4, -0.2) is 28.9 Å². The van der Waals surface area contributed by atoms with E-state index >= 15 is 0 Å². The fourth-order valence-electron chi connectivity index (χ4n) is 2.21. The lowest BCUT2D eigenvalue weighted by atomic mass is 10.2. The Hall–Kier alpha value is -1.38. The molecule has 0 saturated carbocycles. The molecule has 1 amide bonds. The highest BCUT2D eigenvalue weighted by Crippen LogP contribution is 2.20. The van der Waals surface area contributed by atoms with Gasteiger partial charge in [-0.2, -0.15) is 0 Å². The van der Waals surface area contributed by atoms with Gasteiger partial charge >= 0.3 is 0 Å². The van der Waals surface area contributed by atoms with E-state index in [1.807, 2.05) is 24.8 Å². The van der Waals surface area contributed by atoms with E-state index in [9.17, 15) is 4.79 Å². The lowest BCUT2D eigenvalue weighted by Gasteiger charge is -2.18. The van der Waals surface area contributed by atoms with Crippen LogP contribution in [0.2, 0.25) is 0 Å². The van der Waals surface area contributed by atoms with Gasteiger partial charge in [-0.25, -0.2) is 4.98 Å². The van der Waals surface area contributed by atoms with Crippen molar-refractivity contribution in [2.24, 2.45) is 0 Å². The van der Waals surface area contributed by atoms with Crippen LogP contribution in [0.3, 0.4) is 0 Å². The molecule has 0 N–H and O–H groups in total. The van der Waals surface area contributed by atoms with E-state index in [0.717, 1.165) is 31.6 Å². The fourth-order valence-corrected chi connectivity index (χ4v) is 2.21. The number of rotatable bonds is 3. The van der Waals surface area contributed by atoms with Crippen molar-refractivity contribution < 1.29 is 4.79 Å². The number of pyridine rings is 1. The Morgan fingerprint density at radius 3 is 2.75 bits per heavy atom. The maximum absolute atomic E-state index is 12.1. The third-order valence-corrected chi connectivity index (χ3v) is 3.20. The molecule has 0 fully saturated rings. The molecule has 16 heavy (non-hydrogen) atoms. The van der Waals surface area contributed by atoms with Crippen molar-refractivity contribution in [1.29, 1.82) is 0 Å². The summed E-state index contributed by atoms with van der Waals surface area (Å²) >= 11 is 0. The number of nitrogens with zero attached hydrogens (tertiary/aromatic N) is 2. The summed E-state index contributed by atoms with van der Waals surface area (Å²) in [6.07, 6.45) is 3.31. The predicted molar refractivity (Wildman–Crippen MR) is 63.5 cm³/mol. The maximum Gasteiger partial charge on any atom is 0.272 e. The molecule has 0 aliphatic heterocycles. The zero-order chi connectivity index (χ0) is 11.5. The standard InChI is InChI=1S/C13H18N2O/c1-3-15(4-2)13(16)12-9-8-10-6-5-7-11(10)14-12/h8-9H,3-7H2,1-2H3. The van der Waals surface area contributed by atoms with Crippen LogP contribution >= 0.6 is 0 Å². The molecule has 1 aromatic heterocycles. The molecule has 1 aliphatic rings. The van der Waals surface area contributed by atoms with Gasteiger partial charge in [-0.3, -0.25) is 4.79 Å². The predicted octanol–water partition coefficient (Wildman–Crippen LogP) is 2.05. The van der Waals surface area contributed by atoms with Crippen LogP contribution in [0.5, 0.6) is 0 Å². The highest BCUT2D eigenvalue weighted by atomic mass is 16.2. The Labute approximate surface area is 96.5 Å². The van der Waals surface area contributed by atoms with E-state index in [4.69, 9.17) is 0 Å². The fraction of sp³-hybridized carbons (Fsp3) is 0.538. The molecule has 0 spiro atoms. The van der Waals surface area contributed by atoms with Gasteiger partial charge in [-0.05, 0) is 44.7 Å². The summed E-state index contributed by atoms with van der Waals surface area (Å²) in [4.78, 5) is 18.4. The lowest BCUT2D eigenvalue weighted by Crippen LogP contribution is -2.31. The molecule has 0 atom stereocenters. The van der Waals surface area contributed by atoms with E-state index in [0.29, 0.717) is 5.69 Å². The van der Waals surface area contributed by atoms with Gasteiger partial charge in [0.05, 0.1) is 0 Å². The summed E-state index contributed by atoms with van der Waals surface area (Å²) in [5.41, 5.74) is 3.04. The van der Waals surface area contributed by atoms with Crippen LogP contribution in [0, 0.1) is 0 Å². The SMILES string of the molecule is CCN(CC)C(=O)c1ccc2c(n1)CCC2. The molecular formula is C13H18N2O. The van der Waals surface area contributed by atoms with E-state index in [1.54, 1.807) is 0 Å². The van der Waals surface area contributed by atoms with Crippen LogP contribution in [0.25, 0.3) is 0 Å². The van der Waals surface area contributed by atoms with Gasteiger partial charge in [-0.15, -0.1) is 0 Å². The monoisotopic (exact) mass is 218 g/mol. The van der Waals surface area contributed by atoms with Gasteiger partial charge in [0, 0.05) is 18.8 Å². The van der Waals surface area contributed by atoms with Gasteiger partial charge in [0.2, 0.25) is 0 Å². The minimum absolute atomic E-state index is 0.0553. The largest absolute Gasteiger partial charge is 0.338 e. The highest BCUT2D eigenvalue weighted by Gasteiger charge is 2.18. The van der Waals surface area contributed by atoms with Crippen LogP contribution in [0.1, 0.15) is 42.0 Å². The zero-order valence-electron chi connectivity index (χ0n) is 9.99. The summed E-state index contributed by atoms with van der Waals surface area (Å²) in [6, 6.07) is 3.93. The molecule has 2 rings (SSSR count). The molecule has 0 bridgehead atoms. The number of aromatic nitrogens is 1. The minimum atomic E-state index is 0.0553. The van der Waals surface area contributed by atoms with Crippen molar-refractivity contribution >= 4 is 5.91 Å². The average Bonchev–Trinajstić information content (AvgIpc) is 2.77. The molecule has 0 saturated heterocycles. The average molecular weight is 218 g/mol. The molecular weight excluding hydrogens is 200 g/mol. The van der Waals surface area contributed by atoms with Gasteiger partial charge in [0.25, 0.3) is 5.91 Å². The summed E-state index contributed by atoms with van der Waals surface area (Å²) < 4.78 is 0. The molecule has 0 radical (unpaired) electrons. The first-order valence-corrected chi connectivity index (χ1v) is 6.04. The van der Waals surface area contributed by atoms with E-state index in [-0.39, 0.29) is 5.91 Å². The number of carbonyl (C=O) groups excluding carboxylic acids is 1. The molecule has 1 aliphatic carbocycles. The third kappa shape index (κ3) is 1.94. The smallest absolute Gasteiger partial charge is 0.272 e. The minimum Gasteiger partial charge on any atom is -0.338 e. The summed E-state index contributed by atoms with van der Waals surface area (Å²) in [5, 5.41) is 0. The molecule has 86 valence electrons. The molecule has 0 aromatic carbocycles. The molecule has 0 unspecified atom stereocenters. The van der Waals surface area contributed by atoms with Crippen molar-refractivity contribution in [1.82, 2.24) is 9.88 Å². The highest BCUT2D eigenvalue weighted by molar-refractivity contribution is 5.92. The second kappa shape index (κ2) is 4.64. The van der Waals surface area contributed by atoms with Gasteiger partial charge in [-0.1, -0.05) is 6.07 Å². The molecule has 1 heterocycles. The number of amides is 1. The summed E-state index contributed by atoms with van der Waals surface area (Å²) in [7, 11) is 0. The Kier molecular flexibility index (Phi) is 3.22. The Balaban J connectivity index is 2.24. The van der Waals surface area contributed by atoms with Crippen LogP contribution in [0.4, 0.5) is 0 Å². The van der Waals surface area contributed by atoms with Crippen LogP contribution < -0.4 is 0 Å². The number of hydrogen-bond donors (Lipinski definition) is 0. The Morgan fingerprint density at radius 1 is 1.31 bits per heavy atom. The topological polar surface area (TPSA) is 33.2 Å². The van der Waals surface area contributed by atoms with Gasteiger partial charge < -0.3 is 4.90 Å². The van der Waals surface area contributed by atoms with E-state index in [1.165, 1.54) is 12.0 Å². The number of aryl methyl sites for hydroxylation is 2. The molecule has 1 aromatic rings. The quantitative estimate of drug-likeness (QED) is 0.778. The van der Waals surface area contributed by atoms with E-state index < -0.39 is 0 Å². The number of carbonyl (C=O) groups is 1. The summed E-state index contributed by atoms with van der Waals surface area (Å²) in [6.45, 7) is 5.48. The maximum atomic E-state index is 12.1. The van der Waals surface area contributed by atoms with E-state index in [2.05, 4.69) is 11.1 Å². The molecule has 3 heteroatoms. The van der Waals surface area contributed by atoms with Crippen molar-refractivity contribution in [3.63, 3.8) is 0 Å². The molecule has 3 nitrogen and oxygen atoms in total. The first kappa shape index (κ1) is 11.1. The number of fused-ring (bicyclic) bond motifs is 1.